The number of aliphatic hydroxyl groups excluding tert-OH is 10. The van der Waals surface area contributed by atoms with Gasteiger partial charge in [-0.05, 0) is 13.8 Å². The Hall–Kier alpha value is -1.82. The number of carboxylic acid groups (broad SMARTS) is 2. The van der Waals surface area contributed by atoms with E-state index < -0.39 is 161 Å². The summed E-state index contributed by atoms with van der Waals surface area (Å²) in [5, 5.41) is 123. The summed E-state index contributed by atoms with van der Waals surface area (Å²) in [6, 6.07) is 0. The van der Waals surface area contributed by atoms with Crippen LogP contribution in [0.4, 0.5) is 0 Å². The van der Waals surface area contributed by atoms with E-state index in [0.717, 1.165) is 0 Å². The molecule has 0 bridgehead atoms. The summed E-state index contributed by atoms with van der Waals surface area (Å²) in [6.45, 7) is -1.33. The van der Waals surface area contributed by atoms with Crippen LogP contribution >= 0.6 is 0 Å². The molecule has 23 nitrogen and oxygen atoms in total. The van der Waals surface area contributed by atoms with Gasteiger partial charge in [-0.2, -0.15) is 0 Å². The van der Waals surface area contributed by atoms with Gasteiger partial charge in [-0.1, -0.05) is 0 Å². The van der Waals surface area contributed by atoms with Crippen molar-refractivity contribution in [2.75, 3.05) is 26.4 Å². The zero-order valence-electron chi connectivity index (χ0n) is 27.2. The van der Waals surface area contributed by atoms with Crippen LogP contribution in [0.1, 0.15) is 13.8 Å². The quantitative estimate of drug-likeness (QED) is 0.0784. The van der Waals surface area contributed by atoms with E-state index in [1.165, 1.54) is 13.8 Å². The highest BCUT2D eigenvalue weighted by Gasteiger charge is 2.56. The molecular weight excluding hydrogens is 704 g/mol. The fraction of sp³-hybridized carbons (Fsp3) is 0.929. The van der Waals surface area contributed by atoms with Crippen LogP contribution in [-0.4, -0.2) is 222 Å². The lowest BCUT2D eigenvalue weighted by atomic mass is 9.96. The zero-order chi connectivity index (χ0) is 37.9. The average Bonchev–Trinajstić information content (AvgIpc) is 3.08. The van der Waals surface area contributed by atoms with Crippen molar-refractivity contribution in [3.8, 4) is 0 Å². The van der Waals surface area contributed by atoms with Crippen molar-refractivity contribution in [1.29, 1.82) is 0 Å². The number of aliphatic hydroxyl groups is 10. The van der Waals surface area contributed by atoms with Crippen molar-refractivity contribution in [2.24, 2.45) is 0 Å². The molecule has 0 aromatic heterocycles. The van der Waals surface area contributed by atoms with Crippen molar-refractivity contribution >= 4 is 11.9 Å². The van der Waals surface area contributed by atoms with Gasteiger partial charge in [0.05, 0.1) is 25.4 Å². The summed E-state index contributed by atoms with van der Waals surface area (Å²) < 4.78 is 50.8. The molecule has 0 unspecified atom stereocenters. The summed E-state index contributed by atoms with van der Waals surface area (Å²) in [7, 11) is 0. The van der Waals surface area contributed by atoms with Crippen molar-refractivity contribution in [2.45, 2.75) is 137 Å². The largest absolute Gasteiger partial charge is 0.480 e. The molecule has 12 N–H and O–H groups in total. The van der Waals surface area contributed by atoms with Crippen LogP contribution < -0.4 is 0 Å². The van der Waals surface area contributed by atoms with E-state index >= 15 is 0 Å². The maximum atomic E-state index is 11.4. The molecule has 0 radical (unpaired) electrons. The maximum Gasteiger partial charge on any atom is 0.329 e. The molecule has 0 aromatic rings. The molecule has 23 heteroatoms. The minimum atomic E-state index is -1.98. The van der Waals surface area contributed by atoms with Gasteiger partial charge in [0.15, 0.2) is 25.2 Å². The van der Waals surface area contributed by atoms with Gasteiger partial charge in [-0.15, -0.1) is 0 Å². The van der Waals surface area contributed by atoms with Crippen LogP contribution in [-0.2, 0) is 52.2 Å². The topological polar surface area (TPSA) is 360 Å². The molecule has 0 aliphatic carbocycles. The van der Waals surface area contributed by atoms with Crippen LogP contribution in [0, 0.1) is 0 Å². The van der Waals surface area contributed by atoms with Gasteiger partial charge in [0.25, 0.3) is 0 Å². The summed E-state index contributed by atoms with van der Waals surface area (Å²) in [6.07, 6.45) is -34.8. The van der Waals surface area contributed by atoms with Gasteiger partial charge in [0.1, 0.15) is 98.7 Å². The van der Waals surface area contributed by atoms with Crippen molar-refractivity contribution in [3.63, 3.8) is 0 Å². The molecule has 296 valence electrons. The number of hydrogen-bond donors (Lipinski definition) is 12. The van der Waals surface area contributed by atoms with E-state index in [2.05, 4.69) is 0 Å². The second-order valence-electron chi connectivity index (χ2n) is 12.5. The fourth-order valence-electron chi connectivity index (χ4n) is 6.00. The highest BCUT2D eigenvalue weighted by atomic mass is 16.8. The van der Waals surface area contributed by atoms with Gasteiger partial charge in [-0.25, -0.2) is 9.59 Å². The van der Waals surface area contributed by atoms with Gasteiger partial charge < -0.3 is 104 Å². The first-order valence-corrected chi connectivity index (χ1v) is 15.9. The SMILES string of the molecule is C[C@@H]1O[C@@H](O[C@H]2[C@H](O[C@@H]3O[C@H](CO)[C@H](O)[C@H](OCC(=O)O)[C@H]3O[C@@H]3O[C@@H](C)[C@@H](O)[C@@H](O)[C@@H]3O)O[C@H](CO)[C@H](O)[C@@H]2OCC(=O)O)[C@@H](O)[C@H](O)[C@@H]1O. The number of rotatable bonds is 14. The van der Waals surface area contributed by atoms with Crippen LogP contribution in [0.5, 0.6) is 0 Å². The van der Waals surface area contributed by atoms with E-state index in [-0.39, 0.29) is 0 Å². The first kappa shape index (κ1) is 41.9. The van der Waals surface area contributed by atoms with E-state index in [0.29, 0.717) is 0 Å². The lowest BCUT2D eigenvalue weighted by Gasteiger charge is -2.50. The number of carbonyl (C=O) groups is 2. The lowest BCUT2D eigenvalue weighted by Crippen LogP contribution is -2.68. The Morgan fingerprint density at radius 1 is 0.471 bits per heavy atom. The Labute approximate surface area is 288 Å². The summed E-state index contributed by atoms with van der Waals surface area (Å²) in [5.41, 5.74) is 0. The Morgan fingerprint density at radius 3 is 1.14 bits per heavy atom. The predicted molar refractivity (Wildman–Crippen MR) is 154 cm³/mol. The Kier molecular flexibility index (Phi) is 14.8. The van der Waals surface area contributed by atoms with E-state index in [1.807, 2.05) is 0 Å². The Bertz CT molecular complexity index is 1050. The van der Waals surface area contributed by atoms with E-state index in [4.69, 9.17) is 42.6 Å². The maximum absolute atomic E-state index is 11.4. The minimum absolute atomic E-state index is 0.931. The highest BCUT2D eigenvalue weighted by Crippen LogP contribution is 2.36. The van der Waals surface area contributed by atoms with Gasteiger partial charge in [0.2, 0.25) is 0 Å². The second kappa shape index (κ2) is 18.0. The van der Waals surface area contributed by atoms with Crippen LogP contribution in [0.3, 0.4) is 0 Å². The fourth-order valence-corrected chi connectivity index (χ4v) is 6.00. The first-order valence-electron chi connectivity index (χ1n) is 15.9. The molecule has 4 aliphatic rings. The third-order valence-electron chi connectivity index (χ3n) is 8.86. The molecular formula is C28H46O23. The first-order chi connectivity index (χ1) is 24.0. The molecule has 51 heavy (non-hydrogen) atoms. The van der Waals surface area contributed by atoms with Gasteiger partial charge >= 0.3 is 11.9 Å². The van der Waals surface area contributed by atoms with Crippen LogP contribution in [0.2, 0.25) is 0 Å². The van der Waals surface area contributed by atoms with Crippen molar-refractivity contribution < 1.29 is 113 Å². The van der Waals surface area contributed by atoms with E-state index in [9.17, 15) is 70.9 Å². The summed E-state index contributed by atoms with van der Waals surface area (Å²) in [5.74, 6) is -3.03. The normalized spacial score (nSPS) is 47.9. The molecule has 0 spiro atoms. The molecule has 4 fully saturated rings. The highest BCUT2D eigenvalue weighted by molar-refractivity contribution is 5.68. The Balaban J connectivity index is 1.73. The second-order valence-corrected chi connectivity index (χ2v) is 12.5. The predicted octanol–water partition coefficient (Wildman–Crippen LogP) is -7.48. The zero-order valence-corrected chi connectivity index (χ0v) is 27.2. The third kappa shape index (κ3) is 9.47. The molecule has 0 saturated carbocycles. The molecule has 20 atom stereocenters. The molecule has 4 heterocycles. The molecule has 4 saturated heterocycles. The number of hydrogen-bond acceptors (Lipinski definition) is 21. The van der Waals surface area contributed by atoms with Crippen LogP contribution in [0.15, 0.2) is 0 Å². The summed E-state index contributed by atoms with van der Waals surface area (Å²) in [4.78, 5) is 22.9. The smallest absolute Gasteiger partial charge is 0.329 e. The summed E-state index contributed by atoms with van der Waals surface area (Å²) >= 11 is 0. The van der Waals surface area contributed by atoms with E-state index in [1.54, 1.807) is 0 Å². The van der Waals surface area contributed by atoms with Crippen molar-refractivity contribution in [3.05, 3.63) is 0 Å². The number of aliphatic carboxylic acids is 2. The van der Waals surface area contributed by atoms with Gasteiger partial charge in [-0.3, -0.25) is 0 Å². The lowest BCUT2D eigenvalue weighted by molar-refractivity contribution is -0.416. The van der Waals surface area contributed by atoms with Gasteiger partial charge in [0, 0.05) is 0 Å². The van der Waals surface area contributed by atoms with Crippen molar-refractivity contribution in [1.82, 2.24) is 0 Å². The van der Waals surface area contributed by atoms with Crippen LogP contribution in [0.25, 0.3) is 0 Å². The number of carboxylic acids is 2. The minimum Gasteiger partial charge on any atom is -0.480 e. The average molecular weight is 751 g/mol. The molecule has 0 aromatic carbocycles. The molecule has 0 amide bonds. The number of ether oxygens (including phenoxy) is 9. The Morgan fingerprint density at radius 2 is 0.824 bits per heavy atom. The standard InChI is InChI=1S/C28H46O23/c1-7-13(35)17(39)19(41)25(45-7)49-23-21(43-5-11(31)32)15(37)9(3-29)47-27(23)51-28-24(50-26-20(42)18(40)14(36)8(2)46-26)22(44-6-12(33)34)16(38)10(4-30)48-28/h7-10,13-30,35-42H,3-6H2,1-2H3,(H,31,32)(H,33,34)/t7-,8-,9+,10+,13+,14+,15-,16-,17+,18+,19-,20-,21-,22-,23+,24+,25-,26-,27-,28-/m0/s1. The third-order valence-corrected chi connectivity index (χ3v) is 8.86. The monoisotopic (exact) mass is 750 g/mol. The molecule has 4 rings (SSSR count). The molecule has 4 aliphatic heterocycles.